The third-order valence-corrected chi connectivity index (χ3v) is 6.57. The number of nitrogens with zero attached hydrogens (tertiary/aromatic N) is 1. The van der Waals surface area contributed by atoms with E-state index in [1.54, 1.807) is 0 Å². The summed E-state index contributed by atoms with van der Waals surface area (Å²) < 4.78 is 0. The van der Waals surface area contributed by atoms with Crippen LogP contribution < -0.4 is 5.32 Å². The summed E-state index contributed by atoms with van der Waals surface area (Å²) in [7, 11) is 0. The lowest BCUT2D eigenvalue weighted by atomic mass is 9.91. The molecule has 2 heterocycles. The number of carbonyl (C=O) groups is 1. The highest BCUT2D eigenvalue weighted by molar-refractivity contribution is 5.96. The zero-order chi connectivity index (χ0) is 19.9. The summed E-state index contributed by atoms with van der Waals surface area (Å²) in [5, 5.41) is 3.42. The number of piperidine rings is 1. The normalized spacial score (nSPS) is 18.2. The highest BCUT2D eigenvalue weighted by atomic mass is 16.1. The Labute approximate surface area is 175 Å². The fraction of sp³-hybridized carbons (Fsp3) is 0.500. The summed E-state index contributed by atoms with van der Waals surface area (Å²) in [5.74, 6) is 1.13. The van der Waals surface area contributed by atoms with Crippen molar-refractivity contribution in [1.82, 2.24) is 10.2 Å². The van der Waals surface area contributed by atoms with Crippen LogP contribution in [-0.4, -0.2) is 30.3 Å². The Morgan fingerprint density at radius 2 is 1.86 bits per heavy atom. The van der Waals surface area contributed by atoms with Gasteiger partial charge in [-0.25, -0.2) is 0 Å². The molecule has 0 aromatic heterocycles. The van der Waals surface area contributed by atoms with Gasteiger partial charge >= 0.3 is 0 Å². The maximum absolute atomic E-state index is 12.8. The largest absolute Gasteiger partial charge is 0.317 e. The molecule has 0 radical (unpaired) electrons. The molecule has 0 unspecified atom stereocenters. The Bertz CT molecular complexity index is 796. The van der Waals surface area contributed by atoms with Crippen molar-refractivity contribution in [3.8, 4) is 0 Å². The van der Waals surface area contributed by atoms with E-state index in [0.717, 1.165) is 57.0 Å². The maximum atomic E-state index is 12.8. The van der Waals surface area contributed by atoms with Gasteiger partial charge in [-0.15, -0.1) is 0 Å². The molecule has 0 saturated carbocycles. The molecule has 0 amide bonds. The lowest BCUT2D eigenvalue weighted by Gasteiger charge is -2.22. The first-order valence-electron chi connectivity index (χ1n) is 11.4. The van der Waals surface area contributed by atoms with Crippen molar-refractivity contribution in [2.45, 2.75) is 58.0 Å². The number of nitrogens with one attached hydrogen (secondary N) is 1. The van der Waals surface area contributed by atoms with Gasteiger partial charge in [0, 0.05) is 25.1 Å². The van der Waals surface area contributed by atoms with Gasteiger partial charge in [-0.05, 0) is 86.8 Å². The summed E-state index contributed by atoms with van der Waals surface area (Å²) in [6.45, 7) is 5.32. The van der Waals surface area contributed by atoms with Gasteiger partial charge in [0.1, 0.15) is 0 Å². The second kappa shape index (κ2) is 10.2. The van der Waals surface area contributed by atoms with Gasteiger partial charge in [0.2, 0.25) is 0 Å². The van der Waals surface area contributed by atoms with Crippen LogP contribution in [0, 0.1) is 5.92 Å². The second-order valence-corrected chi connectivity index (χ2v) is 8.79. The average molecular weight is 391 g/mol. The van der Waals surface area contributed by atoms with E-state index in [1.165, 1.54) is 42.4 Å². The quantitative estimate of drug-likeness (QED) is 0.676. The molecule has 2 aromatic carbocycles. The number of hydrogen-bond donors (Lipinski definition) is 1. The van der Waals surface area contributed by atoms with Crippen molar-refractivity contribution < 1.29 is 4.79 Å². The molecule has 3 heteroatoms. The number of rotatable bonds is 7. The van der Waals surface area contributed by atoms with Crippen molar-refractivity contribution in [3.63, 3.8) is 0 Å². The Balaban J connectivity index is 1.35. The first-order chi connectivity index (χ1) is 14.3. The van der Waals surface area contributed by atoms with Gasteiger partial charge in [0.05, 0.1) is 0 Å². The number of hydrogen-bond acceptors (Lipinski definition) is 3. The monoisotopic (exact) mass is 390 g/mol. The third kappa shape index (κ3) is 5.77. The fourth-order valence-corrected chi connectivity index (χ4v) is 4.85. The molecule has 0 spiro atoms. The minimum absolute atomic E-state index is 0.320. The minimum atomic E-state index is 0.320. The van der Waals surface area contributed by atoms with Gasteiger partial charge in [0.25, 0.3) is 0 Å². The van der Waals surface area contributed by atoms with Gasteiger partial charge in [-0.3, -0.25) is 9.69 Å². The zero-order valence-corrected chi connectivity index (χ0v) is 17.5. The van der Waals surface area contributed by atoms with Crippen molar-refractivity contribution in [2.24, 2.45) is 5.92 Å². The second-order valence-electron chi connectivity index (χ2n) is 8.79. The number of ketones is 1. The van der Waals surface area contributed by atoms with Gasteiger partial charge < -0.3 is 5.32 Å². The van der Waals surface area contributed by atoms with E-state index in [0.29, 0.717) is 12.2 Å². The molecular weight excluding hydrogens is 356 g/mol. The third-order valence-electron chi connectivity index (χ3n) is 6.57. The predicted molar refractivity (Wildman–Crippen MR) is 119 cm³/mol. The van der Waals surface area contributed by atoms with E-state index in [9.17, 15) is 4.79 Å². The minimum Gasteiger partial charge on any atom is -0.317 e. The van der Waals surface area contributed by atoms with Crippen LogP contribution >= 0.6 is 0 Å². The molecule has 0 atom stereocenters. The molecule has 1 N–H and O–H groups in total. The van der Waals surface area contributed by atoms with Crippen molar-refractivity contribution in [2.75, 3.05) is 19.6 Å². The van der Waals surface area contributed by atoms with E-state index in [4.69, 9.17) is 0 Å². The van der Waals surface area contributed by atoms with Crippen LogP contribution in [0.15, 0.2) is 48.5 Å². The van der Waals surface area contributed by atoms with E-state index in [1.807, 2.05) is 0 Å². The summed E-state index contributed by atoms with van der Waals surface area (Å²) in [6.07, 6.45) is 7.75. The summed E-state index contributed by atoms with van der Waals surface area (Å²) in [5.41, 5.74) is 5.05. The Morgan fingerprint density at radius 1 is 1.03 bits per heavy atom. The molecule has 0 bridgehead atoms. The van der Waals surface area contributed by atoms with Crippen LogP contribution in [0.25, 0.3) is 0 Å². The molecule has 3 nitrogen and oxygen atoms in total. The van der Waals surface area contributed by atoms with Gasteiger partial charge in [-0.2, -0.15) is 0 Å². The highest BCUT2D eigenvalue weighted by Crippen LogP contribution is 2.24. The SMILES string of the molecule is O=C(CCCC1CCNCC1)c1ccc2c(c1)CN(Cc1ccccc1)CCC2. The van der Waals surface area contributed by atoms with Crippen LogP contribution in [0.4, 0.5) is 0 Å². The molecule has 2 aromatic rings. The molecule has 0 aliphatic carbocycles. The highest BCUT2D eigenvalue weighted by Gasteiger charge is 2.18. The number of carbonyl (C=O) groups excluding carboxylic acids is 1. The number of fused-ring (bicyclic) bond motifs is 1. The molecule has 1 saturated heterocycles. The standard InChI is InChI=1S/C26H34N2O/c29-26(10-4-8-21-13-15-27-16-14-21)24-12-11-23-9-5-17-28(20-25(23)18-24)19-22-6-2-1-3-7-22/h1-3,6-7,11-12,18,21,27H,4-5,8-10,13-17,19-20H2. The van der Waals surface area contributed by atoms with Crippen molar-refractivity contribution >= 4 is 5.78 Å². The molecule has 2 aliphatic heterocycles. The lowest BCUT2D eigenvalue weighted by molar-refractivity contribution is 0.0976. The summed E-state index contributed by atoms with van der Waals surface area (Å²) in [4.78, 5) is 15.3. The Morgan fingerprint density at radius 3 is 2.69 bits per heavy atom. The number of aryl methyl sites for hydroxylation is 1. The van der Waals surface area contributed by atoms with E-state index >= 15 is 0 Å². The predicted octanol–water partition coefficient (Wildman–Crippen LogP) is 4.99. The molecule has 2 aliphatic rings. The Kier molecular flexibility index (Phi) is 7.13. The van der Waals surface area contributed by atoms with E-state index in [-0.39, 0.29) is 0 Å². The number of Topliss-reactive ketones (excluding diaryl/α,β-unsaturated/α-hetero) is 1. The van der Waals surface area contributed by atoms with Crippen LogP contribution in [0.1, 0.15) is 65.6 Å². The topological polar surface area (TPSA) is 32.3 Å². The van der Waals surface area contributed by atoms with Crippen LogP contribution in [0.2, 0.25) is 0 Å². The molecular formula is C26H34N2O. The summed E-state index contributed by atoms with van der Waals surface area (Å²) in [6, 6.07) is 17.2. The van der Waals surface area contributed by atoms with E-state index in [2.05, 4.69) is 58.7 Å². The van der Waals surface area contributed by atoms with Gasteiger partial charge in [-0.1, -0.05) is 42.5 Å². The Hall–Kier alpha value is -1.97. The molecule has 1 fully saturated rings. The fourth-order valence-electron chi connectivity index (χ4n) is 4.85. The van der Waals surface area contributed by atoms with Gasteiger partial charge in [0.15, 0.2) is 5.78 Å². The summed E-state index contributed by atoms with van der Waals surface area (Å²) >= 11 is 0. The van der Waals surface area contributed by atoms with Crippen molar-refractivity contribution in [1.29, 1.82) is 0 Å². The first kappa shape index (κ1) is 20.3. The lowest BCUT2D eigenvalue weighted by Crippen LogP contribution is -2.27. The maximum Gasteiger partial charge on any atom is 0.162 e. The van der Waals surface area contributed by atoms with Crippen LogP contribution in [0.5, 0.6) is 0 Å². The number of benzene rings is 2. The molecule has 29 heavy (non-hydrogen) atoms. The van der Waals surface area contributed by atoms with E-state index < -0.39 is 0 Å². The molecule has 4 rings (SSSR count). The zero-order valence-electron chi connectivity index (χ0n) is 17.5. The average Bonchev–Trinajstić information content (AvgIpc) is 2.96. The smallest absolute Gasteiger partial charge is 0.162 e. The van der Waals surface area contributed by atoms with Crippen LogP contribution in [-0.2, 0) is 19.5 Å². The van der Waals surface area contributed by atoms with Crippen LogP contribution in [0.3, 0.4) is 0 Å². The van der Waals surface area contributed by atoms with Crippen molar-refractivity contribution in [3.05, 3.63) is 70.8 Å². The first-order valence-corrected chi connectivity index (χ1v) is 11.4. The molecule has 154 valence electrons.